The number of hydrogen-bond donors (Lipinski definition) is 20. The summed E-state index contributed by atoms with van der Waals surface area (Å²) in [6.07, 6.45) is 10.4. The Kier molecular flexibility index (Phi) is 68.1. The fourth-order valence-electron chi connectivity index (χ4n) is 8.53. The minimum Gasteiger partial charge on any atom is -0.481 e. The number of carboxylic acids is 8. The van der Waals surface area contributed by atoms with Gasteiger partial charge < -0.3 is 105 Å². The van der Waals surface area contributed by atoms with Crippen molar-refractivity contribution in [2.45, 2.75) is 153 Å². The normalized spacial score (nSPS) is 10.5. The fourth-order valence-corrected chi connectivity index (χ4v) is 8.53. The van der Waals surface area contributed by atoms with E-state index in [2.05, 4.69) is 104 Å². The first-order valence-electron chi connectivity index (χ1n) is 35.8. The summed E-state index contributed by atoms with van der Waals surface area (Å²) >= 11 is 0. The highest BCUT2D eigenvalue weighted by molar-refractivity contribution is 5.95. The van der Waals surface area contributed by atoms with Gasteiger partial charge in [0.2, 0.25) is 11.9 Å². The summed E-state index contributed by atoms with van der Waals surface area (Å²) < 4.78 is 52.3. The molecule has 4 rings (SSSR count). The molecule has 0 bridgehead atoms. The Morgan fingerprint density at radius 1 is 0.339 bits per heavy atom. The Morgan fingerprint density at radius 2 is 0.645 bits per heavy atom. The zero-order valence-corrected chi connectivity index (χ0v) is 65.2. The quantitative estimate of drug-likeness (QED) is 0.0132. The lowest BCUT2D eigenvalue weighted by atomic mass is 10.1. The largest absolute Gasteiger partial charge is 0.481 e. The summed E-state index contributed by atoms with van der Waals surface area (Å²) in [5.74, 6) is -14.5. The van der Waals surface area contributed by atoms with Crippen molar-refractivity contribution in [1.82, 2.24) is 104 Å². The number of nitrogens with zero attached hydrogens (tertiary/aromatic N) is 8. The highest BCUT2D eigenvalue weighted by Gasteiger charge is 2.25. The Hall–Kier alpha value is -15.7. The van der Waals surface area contributed by atoms with E-state index in [0.29, 0.717) is 103 Å². The summed E-state index contributed by atoms with van der Waals surface area (Å²) in [6, 6.07) is -4.43. The lowest BCUT2D eigenvalue weighted by Gasteiger charge is -2.14. The number of hydrogen-bond acceptors (Lipinski definition) is 32. The smallest absolute Gasteiger partial charge is 0.373 e. The molecule has 124 heavy (non-hydrogen) atoms. The van der Waals surface area contributed by atoms with Crippen LogP contribution in [0.4, 0.5) is 36.7 Å². The lowest BCUT2D eigenvalue weighted by Crippen LogP contribution is -2.46. The number of carbonyl (C=O) groups is 16. The van der Waals surface area contributed by atoms with E-state index in [0.717, 1.165) is 30.9 Å². The van der Waals surface area contributed by atoms with Crippen molar-refractivity contribution in [3.05, 3.63) is 95.4 Å². The minimum absolute atomic E-state index is 0.0679. The predicted octanol–water partition coefficient (Wildman–Crippen LogP) is -1.80. The third kappa shape index (κ3) is 65.3. The lowest BCUT2D eigenvalue weighted by molar-refractivity contribution is -0.193. The molecule has 0 aromatic carbocycles. The Bertz CT molecular complexity index is 3900. The number of carboxylic acid groups (broad SMARTS) is 8. The van der Waals surface area contributed by atoms with Crippen molar-refractivity contribution >= 4 is 120 Å². The van der Waals surface area contributed by atoms with Gasteiger partial charge in [-0.1, -0.05) is 0 Å². The SMILES string of the molecule is O=C(O)CC[C@H](NC(=O)NCCCCCNC(=O)c1ccnc([18F])n1)C(=O)O.O=C(O)CC[C@H](NC(=O)NCCCCCNC(=O)c1ccnnc1[18F])C(=O)O.O=C(O)CC[C@H](NC(=O)NCCCCCNC(=O)c1cnnc([18F])c1)C(=O)O.O=C(O)CC[C@H](NC(=O)NCCCCCNC(=O)c1cnncc1[18F])C(=O)O.O=C=O.O=C=O.O=C=O.O=C=O. The molecule has 0 aliphatic carbocycles. The maximum Gasteiger partial charge on any atom is 0.373 e. The predicted molar refractivity (Wildman–Crippen MR) is 392 cm³/mol. The molecule has 0 saturated carbocycles. The minimum atomic E-state index is -1.31. The summed E-state index contributed by atoms with van der Waals surface area (Å²) in [5, 5.41) is 119. The van der Waals surface area contributed by atoms with E-state index in [9.17, 15) is 94.3 Å². The number of rotatable bonds is 48. The summed E-state index contributed by atoms with van der Waals surface area (Å²) in [4.78, 5) is 251. The van der Waals surface area contributed by atoms with Gasteiger partial charge in [-0.05, 0) is 115 Å². The number of unbranched alkanes of at least 4 members (excludes halogenated alkanes) is 8. The highest BCUT2D eigenvalue weighted by atomic mass is 18.2. The molecule has 4 atom stereocenters. The van der Waals surface area contributed by atoms with Crippen LogP contribution in [0.25, 0.3) is 0 Å². The van der Waals surface area contributed by atoms with E-state index in [1.165, 1.54) is 18.3 Å². The molecule has 0 saturated heterocycles. The van der Waals surface area contributed by atoms with E-state index < -0.39 is 143 Å². The first kappa shape index (κ1) is 115. The number of aliphatic carboxylic acids is 8. The molecule has 56 heteroatoms. The van der Waals surface area contributed by atoms with Crippen LogP contribution in [0.5, 0.6) is 0 Å². The second-order valence-corrected chi connectivity index (χ2v) is 23.5. The molecule has 0 unspecified atom stereocenters. The van der Waals surface area contributed by atoms with E-state index in [1.54, 1.807) is 0 Å². The number of carbonyl (C=O) groups excluding carboxylic acids is 16. The van der Waals surface area contributed by atoms with Crippen LogP contribution in [-0.2, 0) is 76.7 Å². The molecule has 0 spiro atoms. The van der Waals surface area contributed by atoms with Crippen LogP contribution < -0.4 is 63.8 Å². The van der Waals surface area contributed by atoms with Crippen molar-refractivity contribution in [2.24, 2.45) is 0 Å². The fraction of sp³-hybridized carbons (Fsp3) is 0.471. The maximum absolute atomic E-state index is 13.3. The average Bonchev–Trinajstić information content (AvgIpc) is 0.875. The van der Waals surface area contributed by atoms with Gasteiger partial charge in [0.05, 0.1) is 41.5 Å². The van der Waals surface area contributed by atoms with Crippen LogP contribution >= 0.6 is 0 Å². The Morgan fingerprint density at radius 3 is 0.944 bits per heavy atom. The Balaban J connectivity index is -0.000000740. The number of amides is 12. The van der Waals surface area contributed by atoms with Gasteiger partial charge in [0, 0.05) is 90.3 Å². The first-order valence-corrected chi connectivity index (χ1v) is 35.8. The summed E-state index contributed by atoms with van der Waals surface area (Å²) in [5.41, 5.74) is -0.378. The third-order valence-electron chi connectivity index (χ3n) is 14.3. The van der Waals surface area contributed by atoms with Gasteiger partial charge in [0.15, 0.2) is 5.82 Å². The third-order valence-corrected chi connectivity index (χ3v) is 14.3. The van der Waals surface area contributed by atoms with E-state index in [-0.39, 0.29) is 125 Å². The van der Waals surface area contributed by atoms with Crippen molar-refractivity contribution in [2.75, 3.05) is 52.4 Å². The molecule has 0 radical (unpaired) electrons. The molecule has 52 nitrogen and oxygen atoms in total. The molecule has 680 valence electrons. The van der Waals surface area contributed by atoms with Crippen LogP contribution in [0.2, 0.25) is 0 Å². The summed E-state index contributed by atoms with van der Waals surface area (Å²) in [6.45, 7) is 2.42. The molecule has 4 aromatic heterocycles. The van der Waals surface area contributed by atoms with Gasteiger partial charge in [-0.25, -0.2) is 47.7 Å². The van der Waals surface area contributed by atoms with E-state index in [1.807, 2.05) is 0 Å². The standard InChI is InChI=1S/4C16H22FN5O6.4CO2/c17-15-19-9-6-10(21-15)13(25)18-7-2-1-3-8-20-16(28)22-11(14(26)27)4-5-12(23)24;17-13-10(6-9-20-22-13)14(25)18-7-2-1-3-8-19-16(28)21-11(15(26)27)4-5-12(23)24;17-11-9-21-20-8-10(11)14(25)18-6-2-1-3-7-19-16(28)22-12(15(26)27)4-5-13(23)24;17-12-8-10(9-20-22-12)14(25)18-6-2-1-3-7-19-16(28)21-11(15(26)27)4-5-13(23)24;4*2-1-3/h6,9,11H,1-5,7-8H2,(H,18,25)(H,23,24)(H,26,27)(H2,20,22,28);6,9,11H,1-5,7-8H2,(H,18,25)(H,23,24)(H,26,27)(H2,19,21,28);8-9,12H,1-7H2,(H,18,25)(H,23,24)(H,26,27)(H2,19,22,28);8-9,11H,1-7H2,(H,18,25)(H,23,24)(H,26,27)(H2,19,21,28);;;;/t2*11-;12-;11-;;;;/m0000..../s1/i4*17-1;;;;. The molecule has 0 aliphatic rings. The van der Waals surface area contributed by atoms with Gasteiger partial charge in [-0.2, -0.15) is 76.9 Å². The first-order chi connectivity index (χ1) is 58.9. The number of urea groups is 4. The van der Waals surface area contributed by atoms with Crippen molar-refractivity contribution < 1.29 is 173 Å². The molecule has 0 fully saturated rings. The molecular formula is C68H88F4N20O32. The molecule has 4 heterocycles. The second-order valence-electron chi connectivity index (χ2n) is 23.5. The molecule has 0 aliphatic heterocycles. The van der Waals surface area contributed by atoms with Gasteiger partial charge in [0.25, 0.3) is 23.6 Å². The van der Waals surface area contributed by atoms with Gasteiger partial charge in [-0.3, -0.25) is 38.4 Å². The Labute approximate surface area is 696 Å². The maximum atomic E-state index is 13.3. The molecule has 20 N–H and O–H groups in total. The highest BCUT2D eigenvalue weighted by Crippen LogP contribution is 2.08. The number of nitrogens with one attached hydrogen (secondary N) is 12. The molecular weight excluding hydrogens is 1680 g/mol. The van der Waals surface area contributed by atoms with Gasteiger partial charge in [-0.15, -0.1) is 10.2 Å². The molecule has 12 amide bonds. The zero-order chi connectivity index (χ0) is 94.6. The van der Waals surface area contributed by atoms with Crippen molar-refractivity contribution in [3.8, 4) is 0 Å². The number of halogens is 4. The second kappa shape index (κ2) is 73.6. The van der Waals surface area contributed by atoms with Crippen LogP contribution in [-0.4, -0.2) is 278 Å². The summed E-state index contributed by atoms with van der Waals surface area (Å²) in [7, 11) is 0. The van der Waals surface area contributed by atoms with Gasteiger partial charge in [0.1, 0.15) is 29.9 Å². The zero-order valence-electron chi connectivity index (χ0n) is 65.2. The van der Waals surface area contributed by atoms with E-state index in [4.69, 9.17) is 79.2 Å². The van der Waals surface area contributed by atoms with Crippen LogP contribution in [0.3, 0.4) is 0 Å². The average molecular weight is 1770 g/mol. The topological polar surface area (TPSA) is 819 Å². The number of aromatic nitrogens is 8. The van der Waals surface area contributed by atoms with Crippen LogP contribution in [0.15, 0.2) is 49.2 Å². The van der Waals surface area contributed by atoms with Gasteiger partial charge >= 0.3 is 103 Å². The van der Waals surface area contributed by atoms with Crippen LogP contribution in [0, 0.1) is 23.8 Å². The van der Waals surface area contributed by atoms with E-state index >= 15 is 0 Å². The van der Waals surface area contributed by atoms with Crippen molar-refractivity contribution in [3.63, 3.8) is 0 Å². The monoisotopic (exact) mass is 1770 g/mol. The van der Waals surface area contributed by atoms with Crippen molar-refractivity contribution in [1.29, 1.82) is 0 Å². The van der Waals surface area contributed by atoms with Crippen LogP contribution in [0.1, 0.15) is 170 Å². The molecule has 4 aromatic rings.